The molecule has 5 nitrogen and oxygen atoms in total. The Morgan fingerprint density at radius 3 is 2.37 bits per heavy atom. The number of hydrogen-bond acceptors (Lipinski definition) is 3. The summed E-state index contributed by atoms with van der Waals surface area (Å²) in [6, 6.07) is 6.68. The van der Waals surface area contributed by atoms with E-state index in [1.54, 1.807) is 26.0 Å². The van der Waals surface area contributed by atoms with Crippen LogP contribution >= 0.6 is 11.6 Å². The number of rotatable bonds is 4. The van der Waals surface area contributed by atoms with Gasteiger partial charge in [0.1, 0.15) is 5.54 Å². The van der Waals surface area contributed by atoms with Crippen molar-refractivity contribution in [3.05, 3.63) is 34.9 Å². The summed E-state index contributed by atoms with van der Waals surface area (Å²) in [5.41, 5.74) is -0.158. The van der Waals surface area contributed by atoms with Crippen LogP contribution in [0.5, 0.6) is 0 Å². The van der Waals surface area contributed by atoms with Crippen LogP contribution in [0.4, 0.5) is 4.79 Å². The van der Waals surface area contributed by atoms with E-state index in [1.165, 1.54) is 7.11 Å². The highest BCUT2D eigenvalue weighted by Gasteiger charge is 2.30. The third-order valence-electron chi connectivity index (χ3n) is 2.49. The van der Waals surface area contributed by atoms with Gasteiger partial charge in [0.25, 0.3) is 0 Å². The van der Waals surface area contributed by atoms with Gasteiger partial charge in [0, 0.05) is 11.6 Å². The number of benzene rings is 1. The lowest BCUT2D eigenvalue weighted by molar-refractivity contribution is -0.146. The number of hydrogen-bond donors (Lipinski definition) is 2. The van der Waals surface area contributed by atoms with Crippen LogP contribution in [0.25, 0.3) is 0 Å². The summed E-state index contributed by atoms with van der Waals surface area (Å²) < 4.78 is 4.60. The van der Waals surface area contributed by atoms with Gasteiger partial charge in [-0.3, -0.25) is 0 Å². The second-order valence-electron chi connectivity index (χ2n) is 4.55. The largest absolute Gasteiger partial charge is 0.467 e. The zero-order valence-electron chi connectivity index (χ0n) is 11.1. The molecule has 1 aromatic rings. The van der Waals surface area contributed by atoms with E-state index >= 15 is 0 Å². The zero-order chi connectivity index (χ0) is 14.5. The molecule has 104 valence electrons. The molecule has 0 bridgehead atoms. The van der Waals surface area contributed by atoms with Gasteiger partial charge in [0.05, 0.1) is 7.11 Å². The molecule has 0 aromatic heterocycles. The Labute approximate surface area is 117 Å². The fourth-order valence-corrected chi connectivity index (χ4v) is 1.54. The van der Waals surface area contributed by atoms with E-state index in [2.05, 4.69) is 15.4 Å². The average Bonchev–Trinajstić information content (AvgIpc) is 2.36. The van der Waals surface area contributed by atoms with E-state index in [0.29, 0.717) is 11.6 Å². The first kappa shape index (κ1) is 15.3. The van der Waals surface area contributed by atoms with Crippen molar-refractivity contribution in [3.8, 4) is 0 Å². The summed E-state index contributed by atoms with van der Waals surface area (Å²) in [6.45, 7) is 3.49. The number of halogens is 1. The van der Waals surface area contributed by atoms with Crippen molar-refractivity contribution in [2.75, 3.05) is 7.11 Å². The molecule has 0 aliphatic rings. The molecule has 6 heteroatoms. The molecular weight excluding hydrogens is 268 g/mol. The molecule has 0 aliphatic heterocycles. The molecule has 0 saturated carbocycles. The number of urea groups is 1. The van der Waals surface area contributed by atoms with E-state index in [0.717, 1.165) is 5.56 Å². The van der Waals surface area contributed by atoms with Crippen molar-refractivity contribution in [1.29, 1.82) is 0 Å². The summed E-state index contributed by atoms with van der Waals surface area (Å²) in [5, 5.41) is 5.83. The van der Waals surface area contributed by atoms with Crippen LogP contribution in [0.2, 0.25) is 5.02 Å². The summed E-state index contributed by atoms with van der Waals surface area (Å²) in [7, 11) is 1.28. The molecule has 0 atom stereocenters. The van der Waals surface area contributed by atoms with Crippen LogP contribution in [0.3, 0.4) is 0 Å². The van der Waals surface area contributed by atoms with Gasteiger partial charge in [-0.1, -0.05) is 23.7 Å². The first-order chi connectivity index (χ1) is 8.85. The molecule has 0 spiro atoms. The Morgan fingerprint density at radius 2 is 1.84 bits per heavy atom. The first-order valence-corrected chi connectivity index (χ1v) is 6.12. The number of amides is 2. The Kier molecular flexibility index (Phi) is 5.18. The van der Waals surface area contributed by atoms with E-state index < -0.39 is 17.5 Å². The van der Waals surface area contributed by atoms with Gasteiger partial charge in [-0.15, -0.1) is 0 Å². The standard InChI is InChI=1S/C13H17ClN2O3/c1-13(2,11(17)19-3)16-12(18)15-8-9-4-6-10(14)7-5-9/h4-7H,8H2,1-3H3,(H2,15,16,18). The van der Waals surface area contributed by atoms with Crippen LogP contribution in [-0.2, 0) is 16.1 Å². The van der Waals surface area contributed by atoms with E-state index in [4.69, 9.17) is 11.6 Å². The van der Waals surface area contributed by atoms with Crippen molar-refractivity contribution in [1.82, 2.24) is 10.6 Å². The van der Waals surface area contributed by atoms with E-state index in [1.807, 2.05) is 12.1 Å². The number of esters is 1. The van der Waals surface area contributed by atoms with Crippen molar-refractivity contribution in [2.45, 2.75) is 25.9 Å². The fraction of sp³-hybridized carbons (Fsp3) is 0.385. The summed E-state index contributed by atoms with van der Waals surface area (Å²) >= 11 is 5.76. The molecule has 2 N–H and O–H groups in total. The van der Waals surface area contributed by atoms with Crippen molar-refractivity contribution in [2.24, 2.45) is 0 Å². The minimum Gasteiger partial charge on any atom is -0.467 e. The third kappa shape index (κ3) is 4.79. The zero-order valence-corrected chi connectivity index (χ0v) is 11.9. The highest BCUT2D eigenvalue weighted by molar-refractivity contribution is 6.30. The molecule has 2 amide bonds. The molecule has 0 aliphatic carbocycles. The quantitative estimate of drug-likeness (QED) is 0.832. The van der Waals surface area contributed by atoms with E-state index in [9.17, 15) is 9.59 Å². The van der Waals surface area contributed by atoms with Gasteiger partial charge in [-0.05, 0) is 31.5 Å². The van der Waals surface area contributed by atoms with E-state index in [-0.39, 0.29) is 0 Å². The average molecular weight is 285 g/mol. The minimum absolute atomic E-state index is 0.347. The van der Waals surface area contributed by atoms with Gasteiger partial charge < -0.3 is 15.4 Å². The Bertz CT molecular complexity index is 457. The molecule has 0 fully saturated rings. The summed E-state index contributed by atoms with van der Waals surface area (Å²) in [4.78, 5) is 23.1. The molecule has 19 heavy (non-hydrogen) atoms. The molecular formula is C13H17ClN2O3. The Hall–Kier alpha value is -1.75. The lowest BCUT2D eigenvalue weighted by atomic mass is 10.1. The van der Waals surface area contributed by atoms with Crippen LogP contribution in [-0.4, -0.2) is 24.6 Å². The molecule has 0 heterocycles. The third-order valence-corrected chi connectivity index (χ3v) is 2.74. The Morgan fingerprint density at radius 1 is 1.26 bits per heavy atom. The second-order valence-corrected chi connectivity index (χ2v) is 4.99. The maximum atomic E-state index is 11.7. The first-order valence-electron chi connectivity index (χ1n) is 5.74. The topological polar surface area (TPSA) is 67.4 Å². The summed E-state index contributed by atoms with van der Waals surface area (Å²) in [6.07, 6.45) is 0. The Balaban J connectivity index is 2.48. The normalized spacial score (nSPS) is 10.7. The SMILES string of the molecule is COC(=O)C(C)(C)NC(=O)NCc1ccc(Cl)cc1. The number of methoxy groups -OCH3 is 1. The summed E-state index contributed by atoms with van der Waals surface area (Å²) in [5.74, 6) is -0.505. The van der Waals surface area contributed by atoms with Crippen LogP contribution in [0.1, 0.15) is 19.4 Å². The number of ether oxygens (including phenoxy) is 1. The van der Waals surface area contributed by atoms with Crippen molar-refractivity contribution >= 4 is 23.6 Å². The van der Waals surface area contributed by atoms with Crippen LogP contribution in [0, 0.1) is 0 Å². The minimum atomic E-state index is -1.07. The smallest absolute Gasteiger partial charge is 0.331 e. The molecule has 0 saturated heterocycles. The number of carbonyl (C=O) groups is 2. The predicted octanol–water partition coefficient (Wildman–Crippen LogP) is 2.09. The van der Waals surface area contributed by atoms with Gasteiger partial charge >= 0.3 is 12.0 Å². The maximum Gasteiger partial charge on any atom is 0.331 e. The number of nitrogens with one attached hydrogen (secondary N) is 2. The lowest BCUT2D eigenvalue weighted by Crippen LogP contribution is -2.53. The number of carbonyl (C=O) groups excluding carboxylic acids is 2. The van der Waals surface area contributed by atoms with Crippen molar-refractivity contribution < 1.29 is 14.3 Å². The van der Waals surface area contributed by atoms with Crippen LogP contribution in [0.15, 0.2) is 24.3 Å². The highest BCUT2D eigenvalue weighted by atomic mass is 35.5. The van der Waals surface area contributed by atoms with Crippen molar-refractivity contribution in [3.63, 3.8) is 0 Å². The highest BCUT2D eigenvalue weighted by Crippen LogP contribution is 2.09. The maximum absolute atomic E-state index is 11.7. The second kappa shape index (κ2) is 6.43. The monoisotopic (exact) mass is 284 g/mol. The van der Waals surface area contributed by atoms with Gasteiger partial charge in [0.2, 0.25) is 0 Å². The van der Waals surface area contributed by atoms with Crippen LogP contribution < -0.4 is 10.6 Å². The molecule has 0 radical (unpaired) electrons. The predicted molar refractivity (Wildman–Crippen MR) is 72.9 cm³/mol. The molecule has 1 rings (SSSR count). The fourth-order valence-electron chi connectivity index (χ4n) is 1.42. The molecule has 0 unspecified atom stereocenters. The van der Waals surface area contributed by atoms with Gasteiger partial charge in [0.15, 0.2) is 0 Å². The van der Waals surface area contributed by atoms with Gasteiger partial charge in [-0.25, -0.2) is 9.59 Å². The molecule has 1 aromatic carbocycles. The lowest BCUT2D eigenvalue weighted by Gasteiger charge is -2.23. The van der Waals surface area contributed by atoms with Gasteiger partial charge in [-0.2, -0.15) is 0 Å².